The van der Waals surface area contributed by atoms with Gasteiger partial charge in [0.1, 0.15) is 6.54 Å². The van der Waals surface area contributed by atoms with Crippen LogP contribution in [0.25, 0.3) is 0 Å². The Morgan fingerprint density at radius 2 is 2.05 bits per heavy atom. The number of nitrogens with one attached hydrogen (secondary N) is 2. The van der Waals surface area contributed by atoms with Gasteiger partial charge in [-0.05, 0) is 52.6 Å². The van der Waals surface area contributed by atoms with Crippen molar-refractivity contribution in [3.8, 4) is 0 Å². The molecule has 0 bridgehead atoms. The summed E-state index contributed by atoms with van der Waals surface area (Å²) >= 11 is 0. The number of nitrogens with zero attached hydrogens (tertiary/aromatic N) is 1. The maximum absolute atomic E-state index is 12.2. The predicted molar refractivity (Wildman–Crippen MR) is 76.0 cm³/mol. The molecule has 0 aliphatic carbocycles. The molecule has 2 unspecified atom stereocenters. The first kappa shape index (κ1) is 18.2. The van der Waals surface area contributed by atoms with E-state index in [1.165, 1.54) is 0 Å². The monoisotopic (exact) mass is 309 g/mol. The number of carbonyl (C=O) groups is 1. The van der Waals surface area contributed by atoms with Crippen LogP contribution in [0.5, 0.6) is 0 Å². The fourth-order valence-corrected chi connectivity index (χ4v) is 2.68. The van der Waals surface area contributed by atoms with Crippen molar-refractivity contribution in [3.63, 3.8) is 0 Å². The van der Waals surface area contributed by atoms with Gasteiger partial charge in [0.25, 0.3) is 0 Å². The van der Waals surface area contributed by atoms with Crippen molar-refractivity contribution in [1.82, 2.24) is 15.5 Å². The van der Waals surface area contributed by atoms with Crippen molar-refractivity contribution in [1.29, 1.82) is 0 Å². The molecule has 0 radical (unpaired) electrons. The highest BCUT2D eigenvalue weighted by atomic mass is 19.4. The van der Waals surface area contributed by atoms with Crippen molar-refractivity contribution in [2.45, 2.75) is 51.9 Å². The lowest BCUT2D eigenvalue weighted by atomic mass is 9.97. The van der Waals surface area contributed by atoms with E-state index in [2.05, 4.69) is 5.32 Å². The summed E-state index contributed by atoms with van der Waals surface area (Å²) in [5.74, 6) is -0.121. The van der Waals surface area contributed by atoms with Crippen LogP contribution in [-0.2, 0) is 4.79 Å². The lowest BCUT2D eigenvalue weighted by Gasteiger charge is -2.36. The van der Waals surface area contributed by atoms with E-state index in [-0.39, 0.29) is 6.04 Å². The van der Waals surface area contributed by atoms with Crippen molar-refractivity contribution in [3.05, 3.63) is 0 Å². The quantitative estimate of drug-likeness (QED) is 0.786. The molecule has 4 nitrogen and oxygen atoms in total. The van der Waals surface area contributed by atoms with Crippen LogP contribution in [0.2, 0.25) is 0 Å². The number of halogens is 3. The predicted octanol–water partition coefficient (Wildman–Crippen LogP) is 1.76. The van der Waals surface area contributed by atoms with Crippen molar-refractivity contribution >= 4 is 5.91 Å². The van der Waals surface area contributed by atoms with Crippen LogP contribution in [-0.4, -0.2) is 55.2 Å². The fourth-order valence-electron chi connectivity index (χ4n) is 2.68. The third-order valence-corrected chi connectivity index (χ3v) is 3.87. The summed E-state index contributed by atoms with van der Waals surface area (Å²) in [5, 5.41) is 5.29. The number of rotatable bonds is 6. The molecule has 2 N–H and O–H groups in total. The first-order valence-corrected chi connectivity index (χ1v) is 7.51. The zero-order chi connectivity index (χ0) is 16.0. The first-order chi connectivity index (χ1) is 9.70. The van der Waals surface area contributed by atoms with Gasteiger partial charge in [0.15, 0.2) is 0 Å². The Morgan fingerprint density at radius 1 is 1.38 bits per heavy atom. The number of amides is 1. The molecular weight excluding hydrogens is 283 g/mol. The van der Waals surface area contributed by atoms with Crippen LogP contribution >= 0.6 is 0 Å². The Kier molecular flexibility index (Phi) is 6.93. The number of hydrogen-bond acceptors (Lipinski definition) is 3. The number of alkyl halides is 3. The van der Waals surface area contributed by atoms with Gasteiger partial charge < -0.3 is 10.6 Å². The topological polar surface area (TPSA) is 44.4 Å². The number of hydrogen-bond donors (Lipinski definition) is 2. The first-order valence-electron chi connectivity index (χ1n) is 7.51. The van der Waals surface area contributed by atoms with Gasteiger partial charge in [-0.2, -0.15) is 13.2 Å². The molecule has 1 aliphatic heterocycles. The number of carbonyl (C=O) groups excluding carboxylic acids is 1. The SMILES string of the molecule is CC(C)N(CC1CCCNC1)C(C)C(=O)NCC(F)(F)F. The largest absolute Gasteiger partial charge is 0.405 e. The summed E-state index contributed by atoms with van der Waals surface area (Å²) in [6.07, 6.45) is -2.18. The third-order valence-electron chi connectivity index (χ3n) is 3.87. The summed E-state index contributed by atoms with van der Waals surface area (Å²) in [6.45, 7) is 6.97. The molecule has 124 valence electrons. The van der Waals surface area contributed by atoms with Gasteiger partial charge >= 0.3 is 6.18 Å². The summed E-state index contributed by atoms with van der Waals surface area (Å²) in [7, 11) is 0. The molecular formula is C14H26F3N3O. The van der Waals surface area contributed by atoms with Crippen LogP contribution in [0.15, 0.2) is 0 Å². The third kappa shape index (κ3) is 6.65. The lowest BCUT2D eigenvalue weighted by molar-refractivity contribution is -0.141. The van der Waals surface area contributed by atoms with Crippen LogP contribution in [0, 0.1) is 5.92 Å². The molecule has 1 fully saturated rings. The molecule has 0 spiro atoms. The Labute approximate surface area is 124 Å². The average Bonchev–Trinajstić information content (AvgIpc) is 2.41. The van der Waals surface area contributed by atoms with Gasteiger partial charge in [-0.15, -0.1) is 0 Å². The zero-order valence-electron chi connectivity index (χ0n) is 13.0. The van der Waals surface area contributed by atoms with Gasteiger partial charge in [-0.3, -0.25) is 9.69 Å². The van der Waals surface area contributed by atoms with E-state index < -0.39 is 24.7 Å². The zero-order valence-corrected chi connectivity index (χ0v) is 13.0. The minimum atomic E-state index is -4.37. The standard InChI is InChI=1S/C14H26F3N3O/c1-10(2)20(8-12-5-4-6-18-7-12)11(3)13(21)19-9-14(15,16)17/h10-12,18H,4-9H2,1-3H3,(H,19,21). The minimum absolute atomic E-state index is 0.110. The molecule has 2 atom stereocenters. The van der Waals surface area contributed by atoms with Crippen LogP contribution < -0.4 is 10.6 Å². The normalized spacial score (nSPS) is 21.6. The van der Waals surface area contributed by atoms with Gasteiger partial charge in [-0.1, -0.05) is 0 Å². The highest BCUT2D eigenvalue weighted by Crippen LogP contribution is 2.17. The average molecular weight is 309 g/mol. The molecule has 0 aromatic heterocycles. The van der Waals surface area contributed by atoms with Crippen molar-refractivity contribution < 1.29 is 18.0 Å². The molecule has 0 aromatic rings. The number of piperidine rings is 1. The molecule has 7 heteroatoms. The van der Waals surface area contributed by atoms with Crippen LogP contribution in [0.3, 0.4) is 0 Å². The molecule has 1 amide bonds. The van der Waals surface area contributed by atoms with E-state index in [4.69, 9.17) is 0 Å². The fraction of sp³-hybridized carbons (Fsp3) is 0.929. The summed E-state index contributed by atoms with van der Waals surface area (Å²) in [5.41, 5.74) is 0. The molecule has 21 heavy (non-hydrogen) atoms. The molecule has 0 saturated carbocycles. The highest BCUT2D eigenvalue weighted by Gasteiger charge is 2.31. The molecule has 1 rings (SSSR count). The Bertz CT molecular complexity index is 328. The van der Waals surface area contributed by atoms with E-state index in [0.717, 1.165) is 32.5 Å². The summed E-state index contributed by atoms with van der Waals surface area (Å²) in [4.78, 5) is 13.9. The molecule has 1 aliphatic rings. The van der Waals surface area contributed by atoms with E-state index in [9.17, 15) is 18.0 Å². The van der Waals surface area contributed by atoms with Crippen LogP contribution in [0.1, 0.15) is 33.6 Å². The molecule has 1 saturated heterocycles. The van der Waals surface area contributed by atoms with Gasteiger partial charge in [-0.25, -0.2) is 0 Å². The highest BCUT2D eigenvalue weighted by molar-refractivity contribution is 5.81. The summed E-state index contributed by atoms with van der Waals surface area (Å²) in [6, 6.07) is -0.451. The van der Waals surface area contributed by atoms with Crippen molar-refractivity contribution in [2.24, 2.45) is 5.92 Å². The lowest BCUT2D eigenvalue weighted by Crippen LogP contribution is -2.52. The maximum atomic E-state index is 12.2. The van der Waals surface area contributed by atoms with Crippen LogP contribution in [0.4, 0.5) is 13.2 Å². The summed E-state index contributed by atoms with van der Waals surface area (Å²) < 4.78 is 36.5. The Balaban J connectivity index is 2.55. The van der Waals surface area contributed by atoms with E-state index in [1.807, 2.05) is 24.1 Å². The van der Waals surface area contributed by atoms with E-state index in [0.29, 0.717) is 5.92 Å². The van der Waals surface area contributed by atoms with E-state index in [1.54, 1.807) is 6.92 Å². The van der Waals surface area contributed by atoms with Gasteiger partial charge in [0.2, 0.25) is 5.91 Å². The second-order valence-corrected chi connectivity index (χ2v) is 6.01. The molecule has 0 aromatic carbocycles. The Hall–Kier alpha value is -0.820. The smallest absolute Gasteiger partial charge is 0.346 e. The van der Waals surface area contributed by atoms with Crippen molar-refractivity contribution in [2.75, 3.05) is 26.2 Å². The van der Waals surface area contributed by atoms with E-state index >= 15 is 0 Å². The maximum Gasteiger partial charge on any atom is 0.405 e. The molecule has 1 heterocycles. The second kappa shape index (κ2) is 7.98. The van der Waals surface area contributed by atoms with Gasteiger partial charge in [0.05, 0.1) is 6.04 Å². The minimum Gasteiger partial charge on any atom is -0.346 e. The Morgan fingerprint density at radius 3 is 2.52 bits per heavy atom. The second-order valence-electron chi connectivity index (χ2n) is 6.01. The van der Waals surface area contributed by atoms with Gasteiger partial charge in [0, 0.05) is 12.6 Å².